The number of aromatic nitrogens is 4. The Morgan fingerprint density at radius 1 is 0.895 bits per heavy atom. The molecule has 0 spiro atoms. The molecule has 4 aromatic rings. The summed E-state index contributed by atoms with van der Waals surface area (Å²) >= 11 is 0. The largest absolute Gasteiger partial charge is 0.252 e. The maximum Gasteiger partial charge on any atom is 0.200 e. The van der Waals surface area contributed by atoms with Gasteiger partial charge in [0.25, 0.3) is 0 Å². The number of rotatable bonds is 1. The van der Waals surface area contributed by atoms with E-state index in [1.807, 2.05) is 54.9 Å². The SMILES string of the molecule is c1ccc2cc(-c3nc4ccccn4n3)ncc2c1. The van der Waals surface area contributed by atoms with Crippen molar-refractivity contribution in [2.45, 2.75) is 0 Å². The van der Waals surface area contributed by atoms with Crippen LogP contribution in [0.25, 0.3) is 27.9 Å². The van der Waals surface area contributed by atoms with Gasteiger partial charge in [-0.05, 0) is 23.6 Å². The van der Waals surface area contributed by atoms with Crippen molar-refractivity contribution in [1.82, 2.24) is 19.6 Å². The van der Waals surface area contributed by atoms with Crippen LogP contribution in [0.15, 0.2) is 60.9 Å². The van der Waals surface area contributed by atoms with Gasteiger partial charge >= 0.3 is 0 Å². The Kier molecular flexibility index (Phi) is 2.08. The third-order valence-electron chi connectivity index (χ3n) is 3.10. The van der Waals surface area contributed by atoms with Crippen molar-refractivity contribution in [3.8, 4) is 11.5 Å². The molecule has 1 aromatic carbocycles. The Hall–Kier alpha value is -2.75. The zero-order chi connectivity index (χ0) is 12.7. The number of benzene rings is 1. The maximum atomic E-state index is 4.48. The van der Waals surface area contributed by atoms with E-state index in [0.717, 1.165) is 22.1 Å². The summed E-state index contributed by atoms with van der Waals surface area (Å²) < 4.78 is 1.76. The molecule has 0 aliphatic carbocycles. The fourth-order valence-electron chi connectivity index (χ4n) is 2.15. The van der Waals surface area contributed by atoms with Crippen molar-refractivity contribution < 1.29 is 0 Å². The van der Waals surface area contributed by atoms with Crippen LogP contribution in [0.3, 0.4) is 0 Å². The van der Waals surface area contributed by atoms with Gasteiger partial charge in [0.15, 0.2) is 5.65 Å². The maximum absolute atomic E-state index is 4.48. The lowest BCUT2D eigenvalue weighted by Crippen LogP contribution is -1.87. The third-order valence-corrected chi connectivity index (χ3v) is 3.10. The summed E-state index contributed by atoms with van der Waals surface area (Å²) in [6.45, 7) is 0. The monoisotopic (exact) mass is 246 g/mol. The van der Waals surface area contributed by atoms with Crippen LogP contribution >= 0.6 is 0 Å². The zero-order valence-corrected chi connectivity index (χ0v) is 10.1. The Morgan fingerprint density at radius 2 is 1.74 bits per heavy atom. The first-order chi connectivity index (χ1) is 9.40. The van der Waals surface area contributed by atoms with Crippen LogP contribution in [0, 0.1) is 0 Å². The number of hydrogen-bond donors (Lipinski definition) is 0. The minimum absolute atomic E-state index is 0.650. The van der Waals surface area contributed by atoms with Crippen LogP contribution in [-0.4, -0.2) is 19.6 Å². The van der Waals surface area contributed by atoms with E-state index in [2.05, 4.69) is 21.1 Å². The van der Waals surface area contributed by atoms with Crippen molar-refractivity contribution in [2.24, 2.45) is 0 Å². The molecule has 3 heterocycles. The first-order valence-electron chi connectivity index (χ1n) is 6.07. The Balaban J connectivity index is 1.93. The van der Waals surface area contributed by atoms with Gasteiger partial charge in [-0.15, -0.1) is 5.10 Å². The molecule has 0 unspecified atom stereocenters. The summed E-state index contributed by atoms with van der Waals surface area (Å²) in [4.78, 5) is 8.91. The van der Waals surface area contributed by atoms with Gasteiger partial charge in [0, 0.05) is 17.8 Å². The lowest BCUT2D eigenvalue weighted by Gasteiger charge is -1.98. The smallest absolute Gasteiger partial charge is 0.200 e. The zero-order valence-electron chi connectivity index (χ0n) is 10.1. The highest BCUT2D eigenvalue weighted by Gasteiger charge is 2.07. The van der Waals surface area contributed by atoms with Gasteiger partial charge in [0.2, 0.25) is 5.82 Å². The highest BCUT2D eigenvalue weighted by molar-refractivity contribution is 5.84. The molecule has 0 atom stereocenters. The molecule has 0 saturated carbocycles. The van der Waals surface area contributed by atoms with Crippen LogP contribution in [-0.2, 0) is 0 Å². The van der Waals surface area contributed by atoms with Gasteiger partial charge in [0.05, 0.1) is 0 Å². The quantitative estimate of drug-likeness (QED) is 0.518. The molecule has 0 amide bonds. The molecule has 3 aromatic heterocycles. The number of nitrogens with zero attached hydrogens (tertiary/aromatic N) is 4. The summed E-state index contributed by atoms with van der Waals surface area (Å²) in [5, 5.41) is 6.70. The number of pyridine rings is 2. The van der Waals surface area contributed by atoms with Crippen LogP contribution in [0.5, 0.6) is 0 Å². The fourth-order valence-corrected chi connectivity index (χ4v) is 2.15. The minimum atomic E-state index is 0.650. The van der Waals surface area contributed by atoms with E-state index >= 15 is 0 Å². The van der Waals surface area contributed by atoms with Crippen LogP contribution in [0.1, 0.15) is 0 Å². The second kappa shape index (κ2) is 3.88. The Labute approximate surface area is 109 Å². The van der Waals surface area contributed by atoms with Crippen molar-refractivity contribution in [3.63, 3.8) is 0 Å². The summed E-state index contributed by atoms with van der Waals surface area (Å²) in [5.41, 5.74) is 1.62. The molecule has 0 aliphatic heterocycles. The van der Waals surface area contributed by atoms with E-state index in [9.17, 15) is 0 Å². The van der Waals surface area contributed by atoms with Gasteiger partial charge in [0.1, 0.15) is 5.69 Å². The molecular weight excluding hydrogens is 236 g/mol. The lowest BCUT2D eigenvalue weighted by atomic mass is 10.1. The molecule has 0 radical (unpaired) electrons. The summed E-state index contributed by atoms with van der Waals surface area (Å²) in [7, 11) is 0. The van der Waals surface area contributed by atoms with Crippen LogP contribution in [0.4, 0.5) is 0 Å². The van der Waals surface area contributed by atoms with E-state index in [4.69, 9.17) is 0 Å². The van der Waals surface area contributed by atoms with Gasteiger partial charge in [-0.1, -0.05) is 30.3 Å². The van der Waals surface area contributed by atoms with Gasteiger partial charge in [-0.2, -0.15) is 0 Å². The van der Waals surface area contributed by atoms with Gasteiger partial charge in [-0.3, -0.25) is 4.98 Å². The lowest BCUT2D eigenvalue weighted by molar-refractivity contribution is 0.962. The standard InChI is InChI=1S/C15H10N4/c1-2-6-12-10-16-13(9-11(12)5-1)15-17-14-7-3-4-8-19(14)18-15/h1-10H. The van der Waals surface area contributed by atoms with Crippen LogP contribution in [0.2, 0.25) is 0 Å². The first-order valence-corrected chi connectivity index (χ1v) is 6.07. The van der Waals surface area contributed by atoms with Crippen molar-refractivity contribution in [1.29, 1.82) is 0 Å². The molecule has 4 heteroatoms. The van der Waals surface area contributed by atoms with E-state index in [1.165, 1.54) is 0 Å². The van der Waals surface area contributed by atoms with Gasteiger partial charge in [-0.25, -0.2) is 9.50 Å². The van der Waals surface area contributed by atoms with Crippen molar-refractivity contribution >= 4 is 16.4 Å². The molecule has 4 nitrogen and oxygen atoms in total. The van der Waals surface area contributed by atoms with Gasteiger partial charge < -0.3 is 0 Å². The molecule has 90 valence electrons. The average Bonchev–Trinajstić information content (AvgIpc) is 2.90. The topological polar surface area (TPSA) is 43.1 Å². The minimum Gasteiger partial charge on any atom is -0.252 e. The average molecular weight is 246 g/mol. The summed E-state index contributed by atoms with van der Waals surface area (Å²) in [6.07, 6.45) is 3.74. The predicted molar refractivity (Wildman–Crippen MR) is 73.7 cm³/mol. The van der Waals surface area contributed by atoms with Crippen molar-refractivity contribution in [2.75, 3.05) is 0 Å². The highest BCUT2D eigenvalue weighted by atomic mass is 15.3. The molecule has 0 bridgehead atoms. The van der Waals surface area contributed by atoms with Crippen molar-refractivity contribution in [3.05, 3.63) is 60.9 Å². The second-order valence-corrected chi connectivity index (χ2v) is 4.36. The molecule has 0 saturated heterocycles. The summed E-state index contributed by atoms with van der Waals surface area (Å²) in [5.74, 6) is 0.650. The molecule has 4 rings (SSSR count). The second-order valence-electron chi connectivity index (χ2n) is 4.36. The predicted octanol–water partition coefficient (Wildman–Crippen LogP) is 2.94. The summed E-state index contributed by atoms with van der Waals surface area (Å²) in [6, 6.07) is 16.0. The number of fused-ring (bicyclic) bond motifs is 2. The first kappa shape index (κ1) is 10.2. The molecular formula is C15H10N4. The fraction of sp³-hybridized carbons (Fsp3) is 0. The Bertz CT molecular complexity index is 846. The normalized spacial score (nSPS) is 11.2. The van der Waals surface area contributed by atoms with E-state index in [-0.39, 0.29) is 0 Å². The highest BCUT2D eigenvalue weighted by Crippen LogP contribution is 2.19. The van der Waals surface area contributed by atoms with E-state index in [1.54, 1.807) is 4.52 Å². The molecule has 0 N–H and O–H groups in total. The molecule has 0 fully saturated rings. The third kappa shape index (κ3) is 1.65. The number of hydrogen-bond acceptors (Lipinski definition) is 3. The Morgan fingerprint density at radius 3 is 2.63 bits per heavy atom. The van der Waals surface area contributed by atoms with Crippen LogP contribution < -0.4 is 0 Å². The molecule has 19 heavy (non-hydrogen) atoms. The van der Waals surface area contributed by atoms with E-state index in [0.29, 0.717) is 5.82 Å². The van der Waals surface area contributed by atoms with E-state index < -0.39 is 0 Å². The molecule has 0 aliphatic rings.